The lowest BCUT2D eigenvalue weighted by Crippen LogP contribution is -2.46. The van der Waals surface area contributed by atoms with E-state index < -0.39 is 5.54 Å². The summed E-state index contributed by atoms with van der Waals surface area (Å²) in [7, 11) is 0. The van der Waals surface area contributed by atoms with Crippen molar-refractivity contribution >= 4 is 5.91 Å². The Hall–Kier alpha value is -2.02. The number of carbonyl (C=O) groups is 1. The molecule has 0 bridgehead atoms. The average molecular weight is 288 g/mol. The van der Waals surface area contributed by atoms with Crippen LogP contribution in [0.15, 0.2) is 24.3 Å². The van der Waals surface area contributed by atoms with Gasteiger partial charge in [-0.2, -0.15) is 5.26 Å². The van der Waals surface area contributed by atoms with E-state index in [1.54, 1.807) is 24.3 Å². The molecule has 21 heavy (non-hydrogen) atoms. The van der Waals surface area contributed by atoms with Crippen molar-refractivity contribution in [2.75, 3.05) is 6.61 Å². The SMILES string of the molecule is CCCCOc1ccc(C(=O)NC(C#N)(CC)CC)cc1. The molecule has 1 rings (SSSR count). The Labute approximate surface area is 127 Å². The Morgan fingerprint density at radius 1 is 1.24 bits per heavy atom. The van der Waals surface area contributed by atoms with Gasteiger partial charge in [-0.1, -0.05) is 27.2 Å². The number of ether oxygens (including phenoxy) is 1. The van der Waals surface area contributed by atoms with Gasteiger partial charge in [-0.15, -0.1) is 0 Å². The fraction of sp³-hybridized carbons (Fsp3) is 0.529. The minimum Gasteiger partial charge on any atom is -0.494 e. The molecule has 0 radical (unpaired) electrons. The Morgan fingerprint density at radius 2 is 1.86 bits per heavy atom. The Morgan fingerprint density at radius 3 is 2.33 bits per heavy atom. The van der Waals surface area contributed by atoms with Crippen LogP contribution in [0.4, 0.5) is 0 Å². The van der Waals surface area contributed by atoms with E-state index in [0.717, 1.165) is 18.6 Å². The highest BCUT2D eigenvalue weighted by Gasteiger charge is 2.28. The molecule has 0 unspecified atom stereocenters. The van der Waals surface area contributed by atoms with E-state index in [0.29, 0.717) is 25.0 Å². The van der Waals surface area contributed by atoms with Gasteiger partial charge in [0.15, 0.2) is 0 Å². The van der Waals surface area contributed by atoms with E-state index in [-0.39, 0.29) is 5.91 Å². The van der Waals surface area contributed by atoms with E-state index in [2.05, 4.69) is 18.3 Å². The summed E-state index contributed by atoms with van der Waals surface area (Å²) in [5, 5.41) is 12.1. The van der Waals surface area contributed by atoms with Gasteiger partial charge in [0.1, 0.15) is 11.3 Å². The topological polar surface area (TPSA) is 62.1 Å². The van der Waals surface area contributed by atoms with Crippen LogP contribution in [0.1, 0.15) is 56.8 Å². The Balaban J connectivity index is 2.69. The lowest BCUT2D eigenvalue weighted by molar-refractivity contribution is 0.0915. The first-order valence-corrected chi connectivity index (χ1v) is 7.57. The number of benzene rings is 1. The van der Waals surface area contributed by atoms with Crippen molar-refractivity contribution in [1.82, 2.24) is 5.32 Å². The Kier molecular flexibility index (Phi) is 6.74. The van der Waals surface area contributed by atoms with Crippen LogP contribution >= 0.6 is 0 Å². The van der Waals surface area contributed by atoms with Crippen LogP contribution < -0.4 is 10.1 Å². The minimum atomic E-state index is -0.784. The maximum atomic E-state index is 12.2. The highest BCUT2D eigenvalue weighted by molar-refractivity contribution is 5.95. The number of unbranched alkanes of at least 4 members (excludes halogenated alkanes) is 1. The maximum absolute atomic E-state index is 12.2. The first kappa shape index (κ1) is 17.0. The molecular weight excluding hydrogens is 264 g/mol. The van der Waals surface area contributed by atoms with Gasteiger partial charge < -0.3 is 10.1 Å². The fourth-order valence-corrected chi connectivity index (χ4v) is 1.94. The third-order valence-electron chi connectivity index (χ3n) is 3.66. The van der Waals surface area contributed by atoms with Gasteiger partial charge in [-0.25, -0.2) is 0 Å². The fourth-order valence-electron chi connectivity index (χ4n) is 1.94. The van der Waals surface area contributed by atoms with Gasteiger partial charge in [0.2, 0.25) is 0 Å². The summed E-state index contributed by atoms with van der Waals surface area (Å²) in [5.41, 5.74) is -0.243. The monoisotopic (exact) mass is 288 g/mol. The van der Waals surface area contributed by atoms with Crippen molar-refractivity contribution in [3.8, 4) is 11.8 Å². The number of nitriles is 1. The largest absolute Gasteiger partial charge is 0.494 e. The zero-order chi connectivity index (χ0) is 15.7. The van der Waals surface area contributed by atoms with E-state index in [1.807, 2.05) is 13.8 Å². The third-order valence-corrected chi connectivity index (χ3v) is 3.66. The smallest absolute Gasteiger partial charge is 0.252 e. The standard InChI is InChI=1S/C17H24N2O2/c1-4-7-12-21-15-10-8-14(9-11-15)16(20)19-17(5-2,6-3)13-18/h8-11H,4-7,12H2,1-3H3,(H,19,20). The Bertz CT molecular complexity index is 485. The number of amides is 1. The maximum Gasteiger partial charge on any atom is 0.252 e. The second kappa shape index (κ2) is 8.31. The molecule has 0 saturated carbocycles. The molecule has 0 fully saturated rings. The molecule has 4 nitrogen and oxygen atoms in total. The van der Waals surface area contributed by atoms with Crippen LogP contribution in [0.2, 0.25) is 0 Å². The quantitative estimate of drug-likeness (QED) is 0.742. The third kappa shape index (κ3) is 4.78. The van der Waals surface area contributed by atoms with E-state index >= 15 is 0 Å². The summed E-state index contributed by atoms with van der Waals surface area (Å²) in [4.78, 5) is 12.2. The molecule has 0 heterocycles. The van der Waals surface area contributed by atoms with Crippen molar-refractivity contribution in [2.45, 2.75) is 52.0 Å². The highest BCUT2D eigenvalue weighted by Crippen LogP contribution is 2.17. The van der Waals surface area contributed by atoms with Gasteiger partial charge in [-0.3, -0.25) is 4.79 Å². The van der Waals surface area contributed by atoms with Crippen molar-refractivity contribution in [2.24, 2.45) is 0 Å². The molecule has 1 N–H and O–H groups in total. The lowest BCUT2D eigenvalue weighted by atomic mass is 9.94. The van der Waals surface area contributed by atoms with Crippen LogP contribution in [0.25, 0.3) is 0 Å². The molecule has 1 aromatic rings. The normalized spacial score (nSPS) is 10.8. The minimum absolute atomic E-state index is 0.222. The van der Waals surface area contributed by atoms with Crippen molar-refractivity contribution in [1.29, 1.82) is 5.26 Å². The molecule has 4 heteroatoms. The predicted molar refractivity (Wildman–Crippen MR) is 83.2 cm³/mol. The summed E-state index contributed by atoms with van der Waals surface area (Å²) < 4.78 is 5.56. The second-order valence-corrected chi connectivity index (χ2v) is 5.08. The number of nitrogens with one attached hydrogen (secondary N) is 1. The first-order valence-electron chi connectivity index (χ1n) is 7.57. The number of nitrogens with zero attached hydrogens (tertiary/aromatic N) is 1. The van der Waals surface area contributed by atoms with Gasteiger partial charge in [0.05, 0.1) is 12.7 Å². The first-order chi connectivity index (χ1) is 10.1. The average Bonchev–Trinajstić information content (AvgIpc) is 2.53. The number of rotatable bonds is 8. The molecule has 0 spiro atoms. The zero-order valence-electron chi connectivity index (χ0n) is 13.1. The highest BCUT2D eigenvalue weighted by atomic mass is 16.5. The molecule has 0 aliphatic rings. The molecule has 1 aromatic carbocycles. The lowest BCUT2D eigenvalue weighted by Gasteiger charge is -2.24. The van der Waals surface area contributed by atoms with E-state index in [4.69, 9.17) is 4.74 Å². The molecule has 0 aliphatic heterocycles. The predicted octanol–water partition coefficient (Wildman–Crippen LogP) is 3.68. The van der Waals surface area contributed by atoms with Crippen LogP contribution in [0, 0.1) is 11.3 Å². The molecule has 1 amide bonds. The summed E-state index contributed by atoms with van der Waals surface area (Å²) >= 11 is 0. The molecule has 0 aromatic heterocycles. The molecule has 0 saturated heterocycles. The summed E-state index contributed by atoms with van der Waals surface area (Å²) in [5.74, 6) is 0.540. The summed E-state index contributed by atoms with van der Waals surface area (Å²) in [6, 6.07) is 9.23. The second-order valence-electron chi connectivity index (χ2n) is 5.08. The number of hydrogen-bond donors (Lipinski definition) is 1. The number of carbonyl (C=O) groups excluding carboxylic acids is 1. The van der Waals surface area contributed by atoms with E-state index in [9.17, 15) is 10.1 Å². The van der Waals surface area contributed by atoms with Crippen molar-refractivity contribution < 1.29 is 9.53 Å². The number of hydrogen-bond acceptors (Lipinski definition) is 3. The summed E-state index contributed by atoms with van der Waals surface area (Å²) in [6.07, 6.45) is 3.28. The van der Waals surface area contributed by atoms with Gasteiger partial charge in [0.25, 0.3) is 5.91 Å². The van der Waals surface area contributed by atoms with Gasteiger partial charge >= 0.3 is 0 Å². The van der Waals surface area contributed by atoms with Crippen LogP contribution in [0.5, 0.6) is 5.75 Å². The molecule has 0 atom stereocenters. The van der Waals surface area contributed by atoms with Crippen LogP contribution in [0.3, 0.4) is 0 Å². The van der Waals surface area contributed by atoms with Crippen molar-refractivity contribution in [3.05, 3.63) is 29.8 Å². The van der Waals surface area contributed by atoms with Gasteiger partial charge in [-0.05, 0) is 43.5 Å². The molecule has 0 aliphatic carbocycles. The zero-order valence-corrected chi connectivity index (χ0v) is 13.1. The molecule has 114 valence electrons. The van der Waals surface area contributed by atoms with E-state index in [1.165, 1.54) is 0 Å². The van der Waals surface area contributed by atoms with Crippen LogP contribution in [-0.2, 0) is 0 Å². The summed E-state index contributed by atoms with van der Waals surface area (Å²) in [6.45, 7) is 6.60. The van der Waals surface area contributed by atoms with Crippen LogP contribution in [-0.4, -0.2) is 18.1 Å². The molecular formula is C17H24N2O2. The van der Waals surface area contributed by atoms with Crippen molar-refractivity contribution in [3.63, 3.8) is 0 Å². The van der Waals surface area contributed by atoms with Gasteiger partial charge in [0, 0.05) is 5.56 Å².